The third kappa shape index (κ3) is 2.58. The summed E-state index contributed by atoms with van der Waals surface area (Å²) in [6, 6.07) is 9.42. The highest BCUT2D eigenvalue weighted by Crippen LogP contribution is 2.33. The third-order valence-corrected chi connectivity index (χ3v) is 5.20. The van der Waals surface area contributed by atoms with Gasteiger partial charge in [0, 0.05) is 23.6 Å². The van der Waals surface area contributed by atoms with Crippen LogP contribution in [0.5, 0.6) is 0 Å². The number of fused-ring (bicyclic) bond motifs is 1. The zero-order valence-corrected chi connectivity index (χ0v) is 11.5. The van der Waals surface area contributed by atoms with Crippen LogP contribution in [0.2, 0.25) is 0 Å². The van der Waals surface area contributed by atoms with Crippen molar-refractivity contribution in [2.24, 2.45) is 0 Å². The summed E-state index contributed by atoms with van der Waals surface area (Å²) in [5.41, 5.74) is 2.89. The molecule has 0 amide bonds. The van der Waals surface area contributed by atoms with E-state index in [4.69, 9.17) is 0 Å². The molecule has 0 aromatic heterocycles. The van der Waals surface area contributed by atoms with Gasteiger partial charge in [-0.05, 0) is 24.0 Å². The van der Waals surface area contributed by atoms with Crippen molar-refractivity contribution < 1.29 is 5.11 Å². The topological polar surface area (TPSA) is 32.3 Å². The molecule has 0 spiro atoms. The Morgan fingerprint density at radius 1 is 1.17 bits per heavy atom. The Kier molecular flexibility index (Phi) is 3.92. The molecule has 0 bridgehead atoms. The molecule has 98 valence electrons. The Hall–Kier alpha value is -0.510. The Morgan fingerprint density at radius 2 is 2.00 bits per heavy atom. The van der Waals surface area contributed by atoms with Crippen LogP contribution in [0.25, 0.3) is 0 Å². The van der Waals surface area contributed by atoms with Gasteiger partial charge in [-0.2, -0.15) is 11.8 Å². The van der Waals surface area contributed by atoms with E-state index in [-0.39, 0.29) is 12.1 Å². The van der Waals surface area contributed by atoms with E-state index >= 15 is 0 Å². The van der Waals surface area contributed by atoms with E-state index < -0.39 is 0 Å². The van der Waals surface area contributed by atoms with Gasteiger partial charge in [-0.15, -0.1) is 0 Å². The van der Waals surface area contributed by atoms with Crippen molar-refractivity contribution in [3.63, 3.8) is 0 Å². The van der Waals surface area contributed by atoms with Gasteiger partial charge in [0.1, 0.15) is 0 Å². The maximum Gasteiger partial charge on any atom is 0.0693 e. The zero-order chi connectivity index (χ0) is 12.4. The SMILES string of the molecule is OC1CCCCC1NC1CSCc2ccccc21. The van der Waals surface area contributed by atoms with Crippen molar-refractivity contribution in [3.8, 4) is 0 Å². The molecule has 3 heteroatoms. The summed E-state index contributed by atoms with van der Waals surface area (Å²) in [7, 11) is 0. The molecule has 2 N–H and O–H groups in total. The van der Waals surface area contributed by atoms with Crippen LogP contribution in [0, 0.1) is 0 Å². The molecule has 0 saturated heterocycles. The smallest absolute Gasteiger partial charge is 0.0693 e. The lowest BCUT2D eigenvalue weighted by molar-refractivity contribution is 0.0861. The van der Waals surface area contributed by atoms with Crippen molar-refractivity contribution in [1.29, 1.82) is 0 Å². The van der Waals surface area contributed by atoms with E-state index in [0.29, 0.717) is 6.04 Å². The number of aliphatic hydroxyl groups is 1. The summed E-state index contributed by atoms with van der Waals surface area (Å²) >= 11 is 1.99. The van der Waals surface area contributed by atoms with Crippen LogP contribution in [-0.2, 0) is 5.75 Å². The zero-order valence-electron chi connectivity index (χ0n) is 10.6. The largest absolute Gasteiger partial charge is 0.392 e. The number of aliphatic hydroxyl groups excluding tert-OH is 1. The molecule has 0 radical (unpaired) electrons. The summed E-state index contributed by atoms with van der Waals surface area (Å²) < 4.78 is 0. The lowest BCUT2D eigenvalue weighted by Crippen LogP contribution is -2.45. The normalized spacial score (nSPS) is 31.9. The van der Waals surface area contributed by atoms with Gasteiger partial charge in [-0.25, -0.2) is 0 Å². The van der Waals surface area contributed by atoms with Gasteiger partial charge >= 0.3 is 0 Å². The second-order valence-electron chi connectivity index (χ2n) is 5.39. The lowest BCUT2D eigenvalue weighted by atomic mass is 9.91. The number of nitrogens with one attached hydrogen (secondary N) is 1. The monoisotopic (exact) mass is 263 g/mol. The molecule has 2 nitrogen and oxygen atoms in total. The molecule has 1 aliphatic carbocycles. The van der Waals surface area contributed by atoms with Crippen LogP contribution in [0.4, 0.5) is 0 Å². The van der Waals surface area contributed by atoms with Gasteiger partial charge in [0.15, 0.2) is 0 Å². The minimum Gasteiger partial charge on any atom is -0.392 e. The highest BCUT2D eigenvalue weighted by atomic mass is 32.2. The van der Waals surface area contributed by atoms with Crippen molar-refractivity contribution in [3.05, 3.63) is 35.4 Å². The van der Waals surface area contributed by atoms with E-state index in [1.54, 1.807) is 0 Å². The fourth-order valence-corrected chi connectivity index (χ4v) is 4.20. The molecule has 3 unspecified atom stereocenters. The predicted molar refractivity (Wildman–Crippen MR) is 76.7 cm³/mol. The summed E-state index contributed by atoms with van der Waals surface area (Å²) in [6.07, 6.45) is 4.34. The maximum absolute atomic E-state index is 10.1. The Balaban J connectivity index is 1.73. The van der Waals surface area contributed by atoms with Crippen LogP contribution in [0.15, 0.2) is 24.3 Å². The summed E-state index contributed by atoms with van der Waals surface area (Å²) in [6.45, 7) is 0. The molecule has 3 atom stereocenters. The van der Waals surface area contributed by atoms with Crippen molar-refractivity contribution in [1.82, 2.24) is 5.32 Å². The van der Waals surface area contributed by atoms with Gasteiger partial charge in [0.2, 0.25) is 0 Å². The maximum atomic E-state index is 10.1. The molecular weight excluding hydrogens is 242 g/mol. The number of benzene rings is 1. The molecule has 18 heavy (non-hydrogen) atoms. The Bertz CT molecular complexity index is 409. The molecule has 2 aliphatic rings. The first-order valence-electron chi connectivity index (χ1n) is 6.94. The predicted octanol–water partition coefficient (Wildman–Crippen LogP) is 2.87. The minimum atomic E-state index is -0.155. The Morgan fingerprint density at radius 3 is 2.89 bits per heavy atom. The van der Waals surface area contributed by atoms with E-state index in [0.717, 1.165) is 24.3 Å². The van der Waals surface area contributed by atoms with E-state index in [2.05, 4.69) is 29.6 Å². The molecule has 1 aromatic rings. The fraction of sp³-hybridized carbons (Fsp3) is 0.600. The number of thioether (sulfide) groups is 1. The Labute approximate surface area is 113 Å². The summed E-state index contributed by atoms with van der Waals surface area (Å²) in [5.74, 6) is 2.25. The standard InChI is InChI=1S/C15H21NOS/c17-15-8-4-3-7-13(15)16-14-10-18-9-11-5-1-2-6-12(11)14/h1-2,5-6,13-17H,3-4,7-10H2. The van der Waals surface area contributed by atoms with Crippen LogP contribution >= 0.6 is 11.8 Å². The molecule has 1 saturated carbocycles. The van der Waals surface area contributed by atoms with Crippen molar-refractivity contribution in [2.45, 2.75) is 49.6 Å². The van der Waals surface area contributed by atoms with Gasteiger partial charge < -0.3 is 10.4 Å². The second kappa shape index (κ2) is 5.64. The third-order valence-electron chi connectivity index (χ3n) is 4.12. The molecule has 1 heterocycles. The highest BCUT2D eigenvalue weighted by molar-refractivity contribution is 7.98. The van der Waals surface area contributed by atoms with E-state index in [1.165, 1.54) is 24.0 Å². The molecule has 1 aromatic carbocycles. The number of hydrogen-bond acceptors (Lipinski definition) is 3. The van der Waals surface area contributed by atoms with Gasteiger partial charge in [0.25, 0.3) is 0 Å². The van der Waals surface area contributed by atoms with Crippen LogP contribution in [-0.4, -0.2) is 23.0 Å². The first-order chi connectivity index (χ1) is 8.84. The molecular formula is C15H21NOS. The first-order valence-corrected chi connectivity index (χ1v) is 8.10. The summed E-state index contributed by atoms with van der Waals surface area (Å²) in [5, 5.41) is 13.8. The van der Waals surface area contributed by atoms with Crippen molar-refractivity contribution >= 4 is 11.8 Å². The van der Waals surface area contributed by atoms with Crippen LogP contribution in [0.1, 0.15) is 42.9 Å². The first kappa shape index (κ1) is 12.5. The fourth-order valence-electron chi connectivity index (χ4n) is 3.08. The van der Waals surface area contributed by atoms with Gasteiger partial charge in [0.05, 0.1) is 6.10 Å². The molecule has 1 aliphatic heterocycles. The quantitative estimate of drug-likeness (QED) is 0.860. The van der Waals surface area contributed by atoms with Crippen LogP contribution < -0.4 is 5.32 Å². The number of rotatable bonds is 2. The second-order valence-corrected chi connectivity index (χ2v) is 6.42. The van der Waals surface area contributed by atoms with E-state index in [9.17, 15) is 5.11 Å². The summed E-state index contributed by atoms with van der Waals surface area (Å²) in [4.78, 5) is 0. The number of hydrogen-bond donors (Lipinski definition) is 2. The highest BCUT2D eigenvalue weighted by Gasteiger charge is 2.28. The van der Waals surface area contributed by atoms with Crippen molar-refractivity contribution in [2.75, 3.05) is 5.75 Å². The van der Waals surface area contributed by atoms with Gasteiger partial charge in [-0.1, -0.05) is 37.1 Å². The molecule has 1 fully saturated rings. The average Bonchev–Trinajstić information content (AvgIpc) is 2.42. The molecule has 3 rings (SSSR count). The van der Waals surface area contributed by atoms with Crippen LogP contribution in [0.3, 0.4) is 0 Å². The lowest BCUT2D eigenvalue weighted by Gasteiger charge is -2.34. The minimum absolute atomic E-state index is 0.155. The average molecular weight is 263 g/mol. The van der Waals surface area contributed by atoms with Gasteiger partial charge in [-0.3, -0.25) is 0 Å². The van der Waals surface area contributed by atoms with E-state index in [1.807, 2.05) is 11.8 Å².